The average Bonchev–Trinajstić information content (AvgIpc) is 2.58. The summed E-state index contributed by atoms with van der Waals surface area (Å²) in [7, 11) is 0. The molecule has 0 spiro atoms. The predicted octanol–water partition coefficient (Wildman–Crippen LogP) is 3.25. The van der Waals surface area contributed by atoms with Crippen molar-refractivity contribution in [3.8, 4) is 28.6 Å². The monoisotopic (exact) mass is 310 g/mol. The number of ether oxygens (including phenoxy) is 2. The molecule has 0 amide bonds. The Balaban J connectivity index is 1.94. The first-order valence-corrected chi connectivity index (χ1v) is 7.30. The van der Waals surface area contributed by atoms with Gasteiger partial charge in [0.25, 0.3) is 0 Å². The number of aryl methyl sites for hydroxylation is 1. The molecule has 1 aliphatic heterocycles. The second-order valence-electron chi connectivity index (χ2n) is 5.47. The molecule has 1 aromatic heterocycles. The minimum absolute atomic E-state index is 0.128. The van der Waals surface area contributed by atoms with Gasteiger partial charge in [0.2, 0.25) is 11.2 Å². The summed E-state index contributed by atoms with van der Waals surface area (Å²) in [5.74, 6) is 0.932. The van der Waals surface area contributed by atoms with Crippen LogP contribution in [0.25, 0.3) is 22.3 Å². The third-order valence-electron chi connectivity index (χ3n) is 3.83. The van der Waals surface area contributed by atoms with Crippen molar-refractivity contribution in [1.82, 2.24) is 0 Å². The number of fused-ring (bicyclic) bond motifs is 2. The zero-order valence-corrected chi connectivity index (χ0v) is 12.5. The molecule has 2 heterocycles. The lowest BCUT2D eigenvalue weighted by molar-refractivity contribution is 0.171. The van der Waals surface area contributed by atoms with Crippen LogP contribution in [-0.2, 0) is 0 Å². The molecule has 0 aliphatic carbocycles. The molecule has 116 valence electrons. The van der Waals surface area contributed by atoms with E-state index in [0.29, 0.717) is 41.2 Å². The van der Waals surface area contributed by atoms with Crippen molar-refractivity contribution < 1.29 is 19.0 Å². The minimum Gasteiger partial charge on any atom is -0.502 e. The molecular formula is C18H14O5. The van der Waals surface area contributed by atoms with E-state index >= 15 is 0 Å². The van der Waals surface area contributed by atoms with Crippen LogP contribution in [0.15, 0.2) is 45.6 Å². The predicted molar refractivity (Wildman–Crippen MR) is 85.3 cm³/mol. The molecule has 0 saturated heterocycles. The summed E-state index contributed by atoms with van der Waals surface area (Å²) < 4.78 is 16.8. The van der Waals surface area contributed by atoms with Crippen LogP contribution in [-0.4, -0.2) is 18.3 Å². The van der Waals surface area contributed by atoms with Crippen molar-refractivity contribution in [2.45, 2.75) is 6.92 Å². The maximum atomic E-state index is 12.4. The van der Waals surface area contributed by atoms with Crippen LogP contribution in [0.4, 0.5) is 0 Å². The zero-order chi connectivity index (χ0) is 16.0. The molecule has 1 N–H and O–H groups in total. The molecule has 0 saturated carbocycles. The van der Waals surface area contributed by atoms with Crippen molar-refractivity contribution in [1.29, 1.82) is 0 Å². The second kappa shape index (κ2) is 5.05. The molecule has 23 heavy (non-hydrogen) atoms. The van der Waals surface area contributed by atoms with Gasteiger partial charge in [-0.1, -0.05) is 11.6 Å². The fourth-order valence-corrected chi connectivity index (χ4v) is 2.68. The lowest BCUT2D eigenvalue weighted by atomic mass is 10.1. The SMILES string of the molecule is Cc1ccc2oc(-c3ccc4c(c3)OCCO4)c(O)c(=O)c2c1. The third-order valence-corrected chi connectivity index (χ3v) is 3.83. The van der Waals surface area contributed by atoms with Crippen molar-refractivity contribution in [3.05, 3.63) is 52.2 Å². The number of aromatic hydroxyl groups is 1. The molecule has 0 bridgehead atoms. The van der Waals surface area contributed by atoms with Crippen LogP contribution in [0, 0.1) is 6.92 Å². The number of benzene rings is 2. The fraction of sp³-hybridized carbons (Fsp3) is 0.167. The lowest BCUT2D eigenvalue weighted by Crippen LogP contribution is -2.15. The molecule has 0 fully saturated rings. The maximum Gasteiger partial charge on any atom is 0.235 e. The number of hydrogen-bond acceptors (Lipinski definition) is 5. The Hall–Kier alpha value is -2.95. The lowest BCUT2D eigenvalue weighted by Gasteiger charge is -2.18. The normalized spacial score (nSPS) is 13.3. The van der Waals surface area contributed by atoms with Crippen LogP contribution < -0.4 is 14.9 Å². The second-order valence-corrected chi connectivity index (χ2v) is 5.47. The summed E-state index contributed by atoms with van der Waals surface area (Å²) >= 11 is 0. The number of rotatable bonds is 1. The summed E-state index contributed by atoms with van der Waals surface area (Å²) in [6.45, 7) is 2.84. The summed E-state index contributed by atoms with van der Waals surface area (Å²) in [5, 5.41) is 10.6. The van der Waals surface area contributed by atoms with Gasteiger partial charge in [0.1, 0.15) is 18.8 Å². The molecule has 1 aliphatic rings. The highest BCUT2D eigenvalue weighted by atomic mass is 16.6. The molecule has 4 rings (SSSR count). The van der Waals surface area contributed by atoms with Gasteiger partial charge in [-0.25, -0.2) is 0 Å². The molecule has 0 atom stereocenters. The van der Waals surface area contributed by atoms with Crippen LogP contribution in [0.2, 0.25) is 0 Å². The summed E-state index contributed by atoms with van der Waals surface area (Å²) in [6.07, 6.45) is 0. The van der Waals surface area contributed by atoms with Crippen LogP contribution in [0.5, 0.6) is 17.2 Å². The average molecular weight is 310 g/mol. The summed E-state index contributed by atoms with van der Waals surface area (Å²) in [5.41, 5.74) is 1.48. The largest absolute Gasteiger partial charge is 0.502 e. The zero-order valence-electron chi connectivity index (χ0n) is 12.5. The Morgan fingerprint density at radius 1 is 1.00 bits per heavy atom. The van der Waals surface area contributed by atoms with Crippen molar-refractivity contribution in [3.63, 3.8) is 0 Å². The molecule has 2 aromatic carbocycles. The van der Waals surface area contributed by atoms with E-state index in [1.807, 2.05) is 13.0 Å². The number of hydrogen-bond donors (Lipinski definition) is 1. The van der Waals surface area contributed by atoms with Gasteiger partial charge >= 0.3 is 0 Å². The highest BCUT2D eigenvalue weighted by molar-refractivity contribution is 5.82. The van der Waals surface area contributed by atoms with E-state index in [1.165, 1.54) is 0 Å². The highest BCUT2D eigenvalue weighted by Gasteiger charge is 2.18. The molecule has 0 radical (unpaired) electrons. The van der Waals surface area contributed by atoms with Crippen molar-refractivity contribution in [2.24, 2.45) is 0 Å². The Morgan fingerprint density at radius 2 is 1.78 bits per heavy atom. The Bertz CT molecular complexity index is 971. The van der Waals surface area contributed by atoms with Gasteiger partial charge in [-0.2, -0.15) is 0 Å². The molecule has 5 nitrogen and oxygen atoms in total. The third kappa shape index (κ3) is 2.21. The van der Waals surface area contributed by atoms with Gasteiger partial charge in [0, 0.05) is 5.56 Å². The first kappa shape index (κ1) is 13.7. The van der Waals surface area contributed by atoms with Gasteiger partial charge < -0.3 is 19.0 Å². The smallest absolute Gasteiger partial charge is 0.235 e. The van der Waals surface area contributed by atoms with Gasteiger partial charge in [0.05, 0.1) is 5.39 Å². The molecular weight excluding hydrogens is 296 g/mol. The topological polar surface area (TPSA) is 68.9 Å². The minimum atomic E-state index is -0.445. The van der Waals surface area contributed by atoms with E-state index < -0.39 is 11.2 Å². The fourth-order valence-electron chi connectivity index (χ4n) is 2.68. The van der Waals surface area contributed by atoms with E-state index in [4.69, 9.17) is 13.9 Å². The van der Waals surface area contributed by atoms with Crippen LogP contribution in [0.3, 0.4) is 0 Å². The first-order valence-electron chi connectivity index (χ1n) is 7.30. The Kier molecular flexibility index (Phi) is 3.01. The van der Waals surface area contributed by atoms with E-state index in [1.54, 1.807) is 30.3 Å². The quantitative estimate of drug-likeness (QED) is 0.747. The van der Waals surface area contributed by atoms with Crippen molar-refractivity contribution in [2.75, 3.05) is 13.2 Å². The molecule has 3 aromatic rings. The first-order chi connectivity index (χ1) is 11.1. The van der Waals surface area contributed by atoms with Crippen LogP contribution >= 0.6 is 0 Å². The molecule has 0 unspecified atom stereocenters. The van der Waals surface area contributed by atoms with Crippen molar-refractivity contribution >= 4 is 11.0 Å². The van der Waals surface area contributed by atoms with Gasteiger partial charge in [-0.3, -0.25) is 4.79 Å². The van der Waals surface area contributed by atoms with Crippen LogP contribution in [0.1, 0.15) is 5.56 Å². The van der Waals surface area contributed by atoms with E-state index in [0.717, 1.165) is 5.56 Å². The molecule has 5 heteroatoms. The maximum absolute atomic E-state index is 12.4. The highest BCUT2D eigenvalue weighted by Crippen LogP contribution is 2.37. The van der Waals surface area contributed by atoms with Gasteiger partial charge in [0.15, 0.2) is 17.3 Å². The Labute approximate surface area is 131 Å². The Morgan fingerprint density at radius 3 is 2.61 bits per heavy atom. The van der Waals surface area contributed by atoms with E-state index in [-0.39, 0.29) is 5.76 Å². The van der Waals surface area contributed by atoms with Gasteiger partial charge in [-0.15, -0.1) is 0 Å². The standard InChI is InChI=1S/C18H14O5/c1-10-2-4-13-12(8-10)16(19)17(20)18(23-13)11-3-5-14-15(9-11)22-7-6-21-14/h2-5,8-9,20H,6-7H2,1H3. The van der Waals surface area contributed by atoms with E-state index in [2.05, 4.69) is 0 Å². The summed E-state index contributed by atoms with van der Waals surface area (Å²) in [4.78, 5) is 12.4. The summed E-state index contributed by atoms with van der Waals surface area (Å²) in [6, 6.07) is 10.5. The van der Waals surface area contributed by atoms with E-state index in [9.17, 15) is 9.90 Å². The van der Waals surface area contributed by atoms with Gasteiger partial charge in [-0.05, 0) is 37.3 Å².